The summed E-state index contributed by atoms with van der Waals surface area (Å²) in [7, 11) is 2.90. The van der Waals surface area contributed by atoms with Gasteiger partial charge in [0.2, 0.25) is 18.0 Å². The minimum Gasteiger partial charge on any atom is -0.493 e. The number of amides is 2. The van der Waals surface area contributed by atoms with Crippen LogP contribution in [0.2, 0.25) is 0 Å². The highest BCUT2D eigenvalue weighted by atomic mass is 16.6. The van der Waals surface area contributed by atoms with Crippen molar-refractivity contribution in [3.63, 3.8) is 0 Å². The number of ether oxygens (including phenoxy) is 3. The molecule has 8 heteroatoms. The van der Waals surface area contributed by atoms with Crippen molar-refractivity contribution in [3.05, 3.63) is 23.3 Å². The summed E-state index contributed by atoms with van der Waals surface area (Å²) >= 11 is 0. The quantitative estimate of drug-likeness (QED) is 0.769. The molecule has 0 aliphatic carbocycles. The first-order valence-electron chi connectivity index (χ1n) is 8.58. The van der Waals surface area contributed by atoms with Crippen molar-refractivity contribution in [1.82, 2.24) is 10.2 Å². The summed E-state index contributed by atoms with van der Waals surface area (Å²) in [5, 5.41) is 2.81. The number of hydrogen-bond acceptors (Lipinski definition) is 6. The van der Waals surface area contributed by atoms with Gasteiger partial charge in [-0.05, 0) is 25.0 Å². The molecular weight excluding hydrogens is 340 g/mol. The Morgan fingerprint density at radius 1 is 1.31 bits per heavy atom. The molecule has 1 aromatic carbocycles. The molecule has 2 aliphatic rings. The van der Waals surface area contributed by atoms with E-state index < -0.39 is 18.2 Å². The molecule has 3 rings (SSSR count). The largest absolute Gasteiger partial charge is 0.493 e. The predicted molar refractivity (Wildman–Crippen MR) is 90.9 cm³/mol. The molecule has 2 amide bonds. The highest BCUT2D eigenvalue weighted by Gasteiger charge is 2.47. The lowest BCUT2D eigenvalue weighted by atomic mass is 10.1. The molecule has 1 saturated heterocycles. The lowest BCUT2D eigenvalue weighted by Crippen LogP contribution is -2.46. The Morgan fingerprint density at radius 2 is 2.08 bits per heavy atom. The van der Waals surface area contributed by atoms with E-state index >= 15 is 0 Å². The molecule has 0 spiro atoms. The monoisotopic (exact) mass is 362 g/mol. The van der Waals surface area contributed by atoms with E-state index in [2.05, 4.69) is 5.32 Å². The van der Waals surface area contributed by atoms with Gasteiger partial charge in [-0.2, -0.15) is 0 Å². The number of carbonyl (C=O) groups excluding carboxylic acids is 3. The number of likely N-dealkylation sites (tertiary alicyclic amines) is 1. The molecule has 1 aromatic rings. The van der Waals surface area contributed by atoms with Gasteiger partial charge in [0.05, 0.1) is 14.2 Å². The number of cyclic esters (lactones) is 1. The van der Waals surface area contributed by atoms with Gasteiger partial charge in [0.25, 0.3) is 0 Å². The number of esters is 1. The Bertz CT molecular complexity index is 747. The van der Waals surface area contributed by atoms with Crippen LogP contribution in [-0.4, -0.2) is 49.5 Å². The van der Waals surface area contributed by atoms with Crippen molar-refractivity contribution in [2.24, 2.45) is 0 Å². The summed E-state index contributed by atoms with van der Waals surface area (Å²) in [6.45, 7) is 2.48. The van der Waals surface area contributed by atoms with Gasteiger partial charge in [-0.3, -0.25) is 14.5 Å². The standard InChI is InChI=1S/C18H22N2O6/c1-4-9-19-16(22)11-6-8-13(21)20(11)17-10-5-7-12(24-2)15(25-3)14(10)18(23)26-17/h5,7,11,17H,4,6,8-9H2,1-3H3,(H,19,22)/t11-,17+/m0/s1. The molecule has 1 N–H and O–H groups in total. The summed E-state index contributed by atoms with van der Waals surface area (Å²) < 4.78 is 16.0. The first-order chi connectivity index (χ1) is 12.5. The van der Waals surface area contributed by atoms with Gasteiger partial charge in [0.1, 0.15) is 11.6 Å². The molecule has 0 saturated carbocycles. The third-order valence-corrected chi connectivity index (χ3v) is 4.63. The fourth-order valence-corrected chi connectivity index (χ4v) is 3.41. The van der Waals surface area contributed by atoms with E-state index in [9.17, 15) is 14.4 Å². The Labute approximate surface area is 151 Å². The normalized spacial score (nSPS) is 21.4. The second kappa shape index (κ2) is 7.23. The van der Waals surface area contributed by atoms with Crippen LogP contribution in [0.15, 0.2) is 12.1 Å². The van der Waals surface area contributed by atoms with Crippen LogP contribution in [0.3, 0.4) is 0 Å². The highest BCUT2D eigenvalue weighted by Crippen LogP contribution is 2.45. The van der Waals surface area contributed by atoms with Crippen LogP contribution in [0, 0.1) is 0 Å². The third kappa shape index (κ3) is 2.85. The molecule has 0 unspecified atom stereocenters. The van der Waals surface area contributed by atoms with Crippen molar-refractivity contribution >= 4 is 17.8 Å². The number of fused-ring (bicyclic) bond motifs is 1. The maximum absolute atomic E-state index is 12.4. The maximum atomic E-state index is 12.4. The number of rotatable bonds is 6. The fraction of sp³-hybridized carbons (Fsp3) is 0.500. The molecule has 0 aromatic heterocycles. The van der Waals surface area contributed by atoms with Gasteiger partial charge in [-0.25, -0.2) is 4.79 Å². The van der Waals surface area contributed by atoms with Crippen molar-refractivity contribution in [2.45, 2.75) is 38.5 Å². The van der Waals surface area contributed by atoms with Crippen LogP contribution in [0.5, 0.6) is 11.5 Å². The minimum absolute atomic E-state index is 0.220. The summed E-state index contributed by atoms with van der Waals surface area (Å²) in [6.07, 6.45) is 0.487. The Hall–Kier alpha value is -2.77. The molecule has 2 aliphatic heterocycles. The van der Waals surface area contributed by atoms with E-state index in [4.69, 9.17) is 14.2 Å². The number of carbonyl (C=O) groups is 3. The summed E-state index contributed by atoms with van der Waals surface area (Å²) in [4.78, 5) is 38.7. The average molecular weight is 362 g/mol. The molecule has 0 bridgehead atoms. The SMILES string of the molecule is CCCNC(=O)[C@@H]1CCC(=O)N1[C@@H]1OC(=O)c2c1ccc(OC)c2OC. The third-order valence-electron chi connectivity index (χ3n) is 4.63. The zero-order valence-corrected chi connectivity index (χ0v) is 15.0. The predicted octanol–water partition coefficient (Wildman–Crippen LogP) is 1.39. The Morgan fingerprint density at radius 3 is 2.73 bits per heavy atom. The molecule has 2 heterocycles. The van der Waals surface area contributed by atoms with Crippen LogP contribution in [0.25, 0.3) is 0 Å². The van der Waals surface area contributed by atoms with E-state index in [0.29, 0.717) is 24.3 Å². The second-order valence-corrected chi connectivity index (χ2v) is 6.17. The van der Waals surface area contributed by atoms with E-state index in [1.54, 1.807) is 12.1 Å². The Kier molecular flexibility index (Phi) is 5.01. The average Bonchev–Trinajstić information content (AvgIpc) is 3.18. The lowest BCUT2D eigenvalue weighted by molar-refractivity contribution is -0.145. The highest BCUT2D eigenvalue weighted by molar-refractivity contribution is 5.99. The summed E-state index contributed by atoms with van der Waals surface area (Å²) in [5.41, 5.74) is 0.723. The summed E-state index contributed by atoms with van der Waals surface area (Å²) in [5.74, 6) is -0.400. The zero-order valence-electron chi connectivity index (χ0n) is 15.0. The van der Waals surface area contributed by atoms with Crippen LogP contribution in [-0.2, 0) is 14.3 Å². The molecule has 8 nitrogen and oxygen atoms in total. The van der Waals surface area contributed by atoms with E-state index in [1.165, 1.54) is 19.1 Å². The van der Waals surface area contributed by atoms with Crippen molar-refractivity contribution in [2.75, 3.05) is 20.8 Å². The number of nitrogens with zero attached hydrogens (tertiary/aromatic N) is 1. The fourth-order valence-electron chi connectivity index (χ4n) is 3.41. The van der Waals surface area contributed by atoms with Crippen molar-refractivity contribution in [1.29, 1.82) is 0 Å². The number of benzene rings is 1. The molecule has 1 fully saturated rings. The maximum Gasteiger partial charge on any atom is 0.344 e. The second-order valence-electron chi connectivity index (χ2n) is 6.17. The lowest BCUT2D eigenvalue weighted by Gasteiger charge is -2.29. The van der Waals surface area contributed by atoms with Gasteiger partial charge >= 0.3 is 5.97 Å². The number of methoxy groups -OCH3 is 2. The number of hydrogen-bond donors (Lipinski definition) is 1. The van der Waals surface area contributed by atoms with Crippen LogP contribution < -0.4 is 14.8 Å². The zero-order chi connectivity index (χ0) is 18.8. The van der Waals surface area contributed by atoms with Crippen LogP contribution in [0.4, 0.5) is 0 Å². The van der Waals surface area contributed by atoms with Gasteiger partial charge in [0, 0.05) is 18.5 Å². The summed E-state index contributed by atoms with van der Waals surface area (Å²) in [6, 6.07) is 2.66. The van der Waals surface area contributed by atoms with Gasteiger partial charge in [0.15, 0.2) is 11.5 Å². The van der Waals surface area contributed by atoms with Crippen molar-refractivity contribution < 1.29 is 28.6 Å². The van der Waals surface area contributed by atoms with Crippen molar-refractivity contribution in [3.8, 4) is 11.5 Å². The molecule has 26 heavy (non-hydrogen) atoms. The molecular formula is C18H22N2O6. The molecule has 140 valence electrons. The van der Waals surface area contributed by atoms with E-state index in [0.717, 1.165) is 6.42 Å². The van der Waals surface area contributed by atoms with Crippen LogP contribution >= 0.6 is 0 Å². The first-order valence-corrected chi connectivity index (χ1v) is 8.58. The van der Waals surface area contributed by atoms with Crippen LogP contribution in [0.1, 0.15) is 48.3 Å². The van der Waals surface area contributed by atoms with Gasteiger partial charge < -0.3 is 19.5 Å². The minimum atomic E-state index is -0.940. The van der Waals surface area contributed by atoms with E-state index in [1.807, 2.05) is 6.92 Å². The molecule has 2 atom stereocenters. The van der Waals surface area contributed by atoms with Gasteiger partial charge in [-0.15, -0.1) is 0 Å². The topological polar surface area (TPSA) is 94.2 Å². The van der Waals surface area contributed by atoms with Gasteiger partial charge in [-0.1, -0.05) is 6.92 Å². The molecule has 0 radical (unpaired) electrons. The Balaban J connectivity index is 1.97. The first kappa shape index (κ1) is 18.0. The number of nitrogens with one attached hydrogen (secondary N) is 1. The van der Waals surface area contributed by atoms with E-state index in [-0.39, 0.29) is 29.5 Å². The smallest absolute Gasteiger partial charge is 0.344 e.